The summed E-state index contributed by atoms with van der Waals surface area (Å²) in [6, 6.07) is 4.89. The Labute approximate surface area is 148 Å². The van der Waals surface area contributed by atoms with Crippen molar-refractivity contribution in [1.29, 1.82) is 0 Å². The smallest absolute Gasteiger partial charge is 0.255 e. The highest BCUT2D eigenvalue weighted by atomic mass is 35.5. The van der Waals surface area contributed by atoms with Gasteiger partial charge in [0.05, 0.1) is 28.5 Å². The Hall–Kier alpha value is -1.56. The molecule has 23 heavy (non-hydrogen) atoms. The van der Waals surface area contributed by atoms with Crippen LogP contribution < -0.4 is 0 Å². The van der Waals surface area contributed by atoms with Gasteiger partial charge in [0, 0.05) is 23.1 Å². The van der Waals surface area contributed by atoms with Gasteiger partial charge in [-0.25, -0.2) is 4.98 Å². The van der Waals surface area contributed by atoms with Crippen LogP contribution in [0.3, 0.4) is 0 Å². The van der Waals surface area contributed by atoms with E-state index >= 15 is 0 Å². The molecule has 0 fully saturated rings. The number of hydrogen-bond acceptors (Lipinski definition) is 3. The van der Waals surface area contributed by atoms with E-state index in [1.165, 1.54) is 4.88 Å². The Bertz CT molecular complexity index is 900. The van der Waals surface area contributed by atoms with Gasteiger partial charge in [-0.1, -0.05) is 23.2 Å². The van der Waals surface area contributed by atoms with Crippen molar-refractivity contribution < 1.29 is 4.79 Å². The second-order valence-corrected chi connectivity index (χ2v) is 7.48. The molecule has 4 nitrogen and oxygen atoms in total. The minimum absolute atomic E-state index is 0.145. The zero-order chi connectivity index (χ0) is 16.7. The zero-order valence-corrected chi connectivity index (χ0v) is 15.3. The van der Waals surface area contributed by atoms with Gasteiger partial charge in [-0.3, -0.25) is 9.20 Å². The molecule has 0 saturated carbocycles. The number of carbonyl (C=O) groups excluding carboxylic acids is 1. The van der Waals surface area contributed by atoms with E-state index in [0.29, 0.717) is 22.2 Å². The SMILES string of the molecule is Cc1cn2c(CN(C)C(=O)c3ccc(Cl)cc3Cl)c(C)nc2s1. The fourth-order valence-electron chi connectivity index (χ4n) is 2.46. The molecule has 2 aromatic heterocycles. The third-order valence-corrected chi connectivity index (χ3v) is 5.08. The molecule has 120 valence electrons. The molecule has 7 heteroatoms. The van der Waals surface area contributed by atoms with Crippen LogP contribution in [0.15, 0.2) is 24.4 Å². The van der Waals surface area contributed by atoms with Gasteiger partial charge >= 0.3 is 0 Å². The van der Waals surface area contributed by atoms with Crippen LogP contribution in [0, 0.1) is 13.8 Å². The third-order valence-electron chi connectivity index (χ3n) is 3.64. The summed E-state index contributed by atoms with van der Waals surface area (Å²) in [6.07, 6.45) is 2.04. The van der Waals surface area contributed by atoms with E-state index in [9.17, 15) is 4.79 Å². The molecule has 0 unspecified atom stereocenters. The number of rotatable bonds is 3. The summed E-state index contributed by atoms with van der Waals surface area (Å²) in [5, 5.41) is 0.868. The highest BCUT2D eigenvalue weighted by Gasteiger charge is 2.19. The third kappa shape index (κ3) is 3.09. The molecule has 0 aliphatic heterocycles. The van der Waals surface area contributed by atoms with Crippen LogP contribution in [-0.2, 0) is 6.54 Å². The molecule has 0 spiro atoms. The number of aryl methyl sites for hydroxylation is 2. The lowest BCUT2D eigenvalue weighted by Crippen LogP contribution is -2.27. The zero-order valence-electron chi connectivity index (χ0n) is 12.9. The molecule has 0 bridgehead atoms. The molecule has 0 saturated heterocycles. The minimum atomic E-state index is -0.145. The number of hydrogen-bond donors (Lipinski definition) is 0. The number of aromatic nitrogens is 2. The van der Waals surface area contributed by atoms with Gasteiger partial charge in [-0.2, -0.15) is 0 Å². The van der Waals surface area contributed by atoms with Crippen LogP contribution in [0.5, 0.6) is 0 Å². The monoisotopic (exact) mass is 367 g/mol. The van der Waals surface area contributed by atoms with E-state index in [1.54, 1.807) is 41.5 Å². The lowest BCUT2D eigenvalue weighted by molar-refractivity contribution is 0.0783. The van der Waals surface area contributed by atoms with Crippen molar-refractivity contribution in [3.63, 3.8) is 0 Å². The number of halogens is 2. The average molecular weight is 368 g/mol. The molecule has 0 aliphatic rings. The van der Waals surface area contributed by atoms with Crippen molar-refractivity contribution in [2.75, 3.05) is 7.05 Å². The Morgan fingerprint density at radius 1 is 1.35 bits per heavy atom. The number of imidazole rings is 1. The number of benzene rings is 1. The summed E-state index contributed by atoms with van der Waals surface area (Å²) in [7, 11) is 1.76. The maximum absolute atomic E-state index is 12.6. The van der Waals surface area contributed by atoms with Crippen molar-refractivity contribution in [2.24, 2.45) is 0 Å². The largest absolute Gasteiger partial charge is 0.336 e. The quantitative estimate of drug-likeness (QED) is 0.678. The predicted molar refractivity (Wildman–Crippen MR) is 94.8 cm³/mol. The normalized spacial score (nSPS) is 11.2. The standard InChI is InChI=1S/C16H15Cl2N3OS/c1-9-7-21-14(10(2)19-16(21)23-9)8-20(3)15(22)12-5-4-11(17)6-13(12)18/h4-7H,8H2,1-3H3. The number of thiazole rings is 1. The number of amides is 1. The first-order chi connectivity index (χ1) is 10.9. The fraction of sp³-hybridized carbons (Fsp3) is 0.250. The predicted octanol–water partition coefficient (Wildman–Crippen LogP) is 4.59. The Balaban J connectivity index is 1.89. The summed E-state index contributed by atoms with van der Waals surface area (Å²) in [5.41, 5.74) is 2.38. The number of nitrogens with zero attached hydrogens (tertiary/aromatic N) is 3. The molecule has 1 amide bonds. The van der Waals surface area contributed by atoms with Crippen molar-refractivity contribution in [3.8, 4) is 0 Å². The van der Waals surface area contributed by atoms with Crippen LogP contribution in [0.1, 0.15) is 26.6 Å². The Kier molecular flexibility index (Phi) is 4.36. The van der Waals surface area contributed by atoms with Gasteiger partial charge < -0.3 is 4.90 Å². The van der Waals surface area contributed by atoms with Crippen LogP contribution in [0.25, 0.3) is 4.96 Å². The first-order valence-corrected chi connectivity index (χ1v) is 8.58. The summed E-state index contributed by atoms with van der Waals surface area (Å²) in [6.45, 7) is 4.46. The van der Waals surface area contributed by atoms with Crippen LogP contribution in [0.4, 0.5) is 0 Å². The van der Waals surface area contributed by atoms with Crippen LogP contribution in [-0.4, -0.2) is 27.2 Å². The molecule has 0 radical (unpaired) electrons. The van der Waals surface area contributed by atoms with E-state index in [2.05, 4.69) is 4.98 Å². The Morgan fingerprint density at radius 2 is 2.09 bits per heavy atom. The molecule has 2 heterocycles. The van der Waals surface area contributed by atoms with Crippen molar-refractivity contribution in [3.05, 3.63) is 56.3 Å². The lowest BCUT2D eigenvalue weighted by atomic mass is 10.2. The lowest BCUT2D eigenvalue weighted by Gasteiger charge is -2.18. The molecule has 0 atom stereocenters. The highest BCUT2D eigenvalue weighted by Crippen LogP contribution is 2.24. The van der Waals surface area contributed by atoms with E-state index < -0.39 is 0 Å². The summed E-state index contributed by atoms with van der Waals surface area (Å²) in [4.78, 5) is 20.9. The van der Waals surface area contributed by atoms with Gasteiger partial charge in [0.2, 0.25) is 0 Å². The van der Waals surface area contributed by atoms with Gasteiger partial charge in [0.25, 0.3) is 5.91 Å². The first kappa shape index (κ1) is 16.3. The molecule has 0 aliphatic carbocycles. The molecular weight excluding hydrogens is 353 g/mol. The minimum Gasteiger partial charge on any atom is -0.336 e. The average Bonchev–Trinajstić information content (AvgIpc) is 2.95. The summed E-state index contributed by atoms with van der Waals surface area (Å²) >= 11 is 13.7. The topological polar surface area (TPSA) is 37.6 Å². The molecule has 1 aromatic carbocycles. The van der Waals surface area contributed by atoms with E-state index in [1.807, 2.05) is 24.4 Å². The summed E-state index contributed by atoms with van der Waals surface area (Å²) in [5.74, 6) is -0.145. The van der Waals surface area contributed by atoms with Crippen LogP contribution >= 0.6 is 34.5 Å². The molecule has 0 N–H and O–H groups in total. The van der Waals surface area contributed by atoms with E-state index in [0.717, 1.165) is 16.3 Å². The molecule has 3 aromatic rings. The van der Waals surface area contributed by atoms with Gasteiger partial charge in [0.1, 0.15) is 0 Å². The highest BCUT2D eigenvalue weighted by molar-refractivity contribution is 7.17. The second-order valence-electron chi connectivity index (χ2n) is 5.42. The Morgan fingerprint density at radius 3 is 2.78 bits per heavy atom. The molecule has 3 rings (SSSR count). The van der Waals surface area contributed by atoms with E-state index in [4.69, 9.17) is 23.2 Å². The number of carbonyl (C=O) groups is 1. The van der Waals surface area contributed by atoms with Gasteiger partial charge in [-0.15, -0.1) is 11.3 Å². The first-order valence-electron chi connectivity index (χ1n) is 7.01. The van der Waals surface area contributed by atoms with Gasteiger partial charge in [0.15, 0.2) is 4.96 Å². The van der Waals surface area contributed by atoms with E-state index in [-0.39, 0.29) is 5.91 Å². The van der Waals surface area contributed by atoms with Gasteiger partial charge in [-0.05, 0) is 32.0 Å². The fourth-order valence-corrected chi connectivity index (χ4v) is 3.84. The molecular formula is C16H15Cl2N3OS. The summed E-state index contributed by atoms with van der Waals surface area (Å²) < 4.78 is 2.04. The number of fused-ring (bicyclic) bond motifs is 1. The maximum atomic E-state index is 12.6. The van der Waals surface area contributed by atoms with Crippen LogP contribution in [0.2, 0.25) is 10.0 Å². The van der Waals surface area contributed by atoms with Crippen molar-refractivity contribution in [1.82, 2.24) is 14.3 Å². The van der Waals surface area contributed by atoms with Crippen molar-refractivity contribution in [2.45, 2.75) is 20.4 Å². The van der Waals surface area contributed by atoms with Crippen molar-refractivity contribution >= 4 is 45.4 Å². The maximum Gasteiger partial charge on any atom is 0.255 e. The second kappa shape index (κ2) is 6.15.